The Hall–Kier alpha value is -2.37. The van der Waals surface area contributed by atoms with Gasteiger partial charge < -0.3 is 5.11 Å². The number of carboxylic acid groups (broad SMARTS) is 1. The number of halogens is 2. The quantitative estimate of drug-likeness (QED) is 0.867. The van der Waals surface area contributed by atoms with E-state index in [2.05, 4.69) is 9.97 Å². The standard InChI is InChI=1S/C11H6F2N2O2/c12-7-1-6(2-8(13)3-7)9-4-10(11(16)17)15-5-14-9/h1-5H,(H,16,17). The maximum Gasteiger partial charge on any atom is 0.354 e. The van der Waals surface area contributed by atoms with Crippen LogP contribution < -0.4 is 0 Å². The van der Waals surface area contributed by atoms with Crippen LogP contribution in [0.15, 0.2) is 30.6 Å². The summed E-state index contributed by atoms with van der Waals surface area (Å²) in [6.07, 6.45) is 1.03. The number of benzene rings is 1. The minimum atomic E-state index is -1.23. The van der Waals surface area contributed by atoms with Crippen molar-refractivity contribution in [1.29, 1.82) is 0 Å². The van der Waals surface area contributed by atoms with E-state index in [0.717, 1.165) is 30.6 Å². The molecule has 0 saturated heterocycles. The van der Waals surface area contributed by atoms with Crippen LogP contribution in [0.2, 0.25) is 0 Å². The lowest BCUT2D eigenvalue weighted by Crippen LogP contribution is -2.01. The minimum absolute atomic E-state index is 0.149. The molecule has 0 aliphatic rings. The molecular formula is C11H6F2N2O2. The van der Waals surface area contributed by atoms with Crippen LogP contribution in [0.5, 0.6) is 0 Å². The predicted octanol–water partition coefficient (Wildman–Crippen LogP) is 2.12. The highest BCUT2D eigenvalue weighted by Crippen LogP contribution is 2.19. The molecule has 6 heteroatoms. The molecule has 1 aromatic heterocycles. The summed E-state index contributed by atoms with van der Waals surface area (Å²) in [6, 6.07) is 4.01. The molecule has 1 aromatic carbocycles. The fraction of sp³-hybridized carbons (Fsp3) is 0. The second kappa shape index (κ2) is 4.25. The van der Waals surface area contributed by atoms with Gasteiger partial charge in [0.15, 0.2) is 5.69 Å². The Morgan fingerprint density at radius 1 is 1.06 bits per heavy atom. The molecule has 0 aliphatic carbocycles. The second-order valence-corrected chi connectivity index (χ2v) is 3.25. The molecule has 2 aromatic rings. The van der Waals surface area contributed by atoms with Crippen molar-refractivity contribution in [3.8, 4) is 11.3 Å². The third kappa shape index (κ3) is 2.41. The van der Waals surface area contributed by atoms with Gasteiger partial charge in [-0.1, -0.05) is 0 Å². The first-order valence-electron chi connectivity index (χ1n) is 4.58. The molecular weight excluding hydrogens is 230 g/mol. The number of hydrogen-bond acceptors (Lipinski definition) is 3. The third-order valence-electron chi connectivity index (χ3n) is 2.04. The summed E-state index contributed by atoms with van der Waals surface area (Å²) in [6.45, 7) is 0. The van der Waals surface area contributed by atoms with Gasteiger partial charge in [-0.25, -0.2) is 23.5 Å². The van der Waals surface area contributed by atoms with Crippen LogP contribution in [0.1, 0.15) is 10.5 Å². The Labute approximate surface area is 94.6 Å². The molecule has 0 bridgehead atoms. The molecule has 0 saturated carbocycles. The molecule has 0 amide bonds. The lowest BCUT2D eigenvalue weighted by Gasteiger charge is -2.02. The first kappa shape index (κ1) is 11.1. The van der Waals surface area contributed by atoms with Crippen LogP contribution in [-0.4, -0.2) is 21.0 Å². The molecule has 0 spiro atoms. The first-order valence-corrected chi connectivity index (χ1v) is 4.58. The molecule has 0 atom stereocenters. The zero-order chi connectivity index (χ0) is 12.4. The van der Waals surface area contributed by atoms with Crippen molar-refractivity contribution in [3.63, 3.8) is 0 Å². The van der Waals surface area contributed by atoms with Crippen molar-refractivity contribution in [2.75, 3.05) is 0 Å². The third-order valence-corrected chi connectivity index (χ3v) is 2.04. The molecule has 0 unspecified atom stereocenters. The number of aromatic nitrogens is 2. The van der Waals surface area contributed by atoms with Crippen LogP contribution in [0, 0.1) is 11.6 Å². The zero-order valence-corrected chi connectivity index (χ0v) is 8.39. The molecule has 1 N–H and O–H groups in total. The Morgan fingerprint density at radius 2 is 1.71 bits per heavy atom. The molecule has 17 heavy (non-hydrogen) atoms. The lowest BCUT2D eigenvalue weighted by atomic mass is 10.1. The number of aromatic carboxylic acids is 1. The van der Waals surface area contributed by atoms with Gasteiger partial charge in [0.1, 0.15) is 18.0 Å². The van der Waals surface area contributed by atoms with Crippen LogP contribution in [-0.2, 0) is 0 Å². The maximum atomic E-state index is 13.0. The van der Waals surface area contributed by atoms with Gasteiger partial charge in [0.2, 0.25) is 0 Å². The molecule has 1 heterocycles. The number of carbonyl (C=O) groups is 1. The van der Waals surface area contributed by atoms with Gasteiger partial charge >= 0.3 is 5.97 Å². The van der Waals surface area contributed by atoms with Gasteiger partial charge in [-0.3, -0.25) is 0 Å². The van der Waals surface area contributed by atoms with Crippen molar-refractivity contribution < 1.29 is 18.7 Å². The highest BCUT2D eigenvalue weighted by molar-refractivity contribution is 5.86. The summed E-state index contributed by atoms with van der Waals surface area (Å²) in [5, 5.41) is 8.73. The first-order chi connectivity index (χ1) is 8.06. The van der Waals surface area contributed by atoms with Crippen molar-refractivity contribution in [3.05, 3.63) is 47.9 Å². The van der Waals surface area contributed by atoms with Crippen LogP contribution in [0.3, 0.4) is 0 Å². The van der Waals surface area contributed by atoms with Gasteiger partial charge in [-0.15, -0.1) is 0 Å². The summed E-state index contributed by atoms with van der Waals surface area (Å²) < 4.78 is 25.9. The van der Waals surface area contributed by atoms with E-state index in [0.29, 0.717) is 0 Å². The van der Waals surface area contributed by atoms with E-state index in [-0.39, 0.29) is 17.0 Å². The fourth-order valence-corrected chi connectivity index (χ4v) is 1.33. The Balaban J connectivity index is 2.52. The summed E-state index contributed by atoms with van der Waals surface area (Å²) >= 11 is 0. The Morgan fingerprint density at radius 3 is 2.29 bits per heavy atom. The Kier molecular flexibility index (Phi) is 2.78. The number of nitrogens with zero attached hydrogens (tertiary/aromatic N) is 2. The highest BCUT2D eigenvalue weighted by Gasteiger charge is 2.09. The molecule has 4 nitrogen and oxygen atoms in total. The number of rotatable bonds is 2. The SMILES string of the molecule is O=C(O)c1cc(-c2cc(F)cc(F)c2)ncn1. The molecule has 2 rings (SSSR count). The molecule has 0 fully saturated rings. The van der Waals surface area contributed by atoms with Gasteiger partial charge in [0.05, 0.1) is 5.69 Å². The monoisotopic (exact) mass is 236 g/mol. The topological polar surface area (TPSA) is 63.1 Å². The summed E-state index contributed by atoms with van der Waals surface area (Å²) in [5.74, 6) is -2.74. The predicted molar refractivity (Wildman–Crippen MR) is 54.3 cm³/mol. The summed E-state index contributed by atoms with van der Waals surface area (Å²) in [5.41, 5.74) is 0.0721. The van der Waals surface area contributed by atoms with E-state index in [1.54, 1.807) is 0 Å². The van der Waals surface area contributed by atoms with E-state index in [1.165, 1.54) is 0 Å². The van der Waals surface area contributed by atoms with E-state index in [9.17, 15) is 13.6 Å². The van der Waals surface area contributed by atoms with Gasteiger partial charge in [0, 0.05) is 11.6 Å². The normalized spacial score (nSPS) is 10.2. The van der Waals surface area contributed by atoms with E-state index < -0.39 is 17.6 Å². The van der Waals surface area contributed by atoms with Crippen molar-refractivity contribution >= 4 is 5.97 Å². The van der Waals surface area contributed by atoms with Crippen molar-refractivity contribution in [2.24, 2.45) is 0 Å². The van der Waals surface area contributed by atoms with Crippen LogP contribution in [0.25, 0.3) is 11.3 Å². The lowest BCUT2D eigenvalue weighted by molar-refractivity contribution is 0.0690. The van der Waals surface area contributed by atoms with Gasteiger partial charge in [0.25, 0.3) is 0 Å². The van der Waals surface area contributed by atoms with Gasteiger partial charge in [-0.05, 0) is 18.2 Å². The average molecular weight is 236 g/mol. The highest BCUT2D eigenvalue weighted by atomic mass is 19.1. The van der Waals surface area contributed by atoms with E-state index >= 15 is 0 Å². The Bertz CT molecular complexity index is 567. The molecule has 0 radical (unpaired) electrons. The molecule has 0 aliphatic heterocycles. The minimum Gasteiger partial charge on any atom is -0.477 e. The fourth-order valence-electron chi connectivity index (χ4n) is 1.33. The van der Waals surface area contributed by atoms with E-state index in [4.69, 9.17) is 5.11 Å². The smallest absolute Gasteiger partial charge is 0.354 e. The molecule has 86 valence electrons. The average Bonchev–Trinajstić information content (AvgIpc) is 2.28. The van der Waals surface area contributed by atoms with Crippen LogP contribution >= 0.6 is 0 Å². The van der Waals surface area contributed by atoms with E-state index in [1.807, 2.05) is 0 Å². The second-order valence-electron chi connectivity index (χ2n) is 3.25. The summed E-state index contributed by atoms with van der Waals surface area (Å²) in [7, 11) is 0. The number of hydrogen-bond donors (Lipinski definition) is 1. The van der Waals surface area contributed by atoms with Crippen molar-refractivity contribution in [2.45, 2.75) is 0 Å². The zero-order valence-electron chi connectivity index (χ0n) is 8.39. The van der Waals surface area contributed by atoms with Crippen LogP contribution in [0.4, 0.5) is 8.78 Å². The summed E-state index contributed by atoms with van der Waals surface area (Å²) in [4.78, 5) is 18.0. The number of carboxylic acids is 1. The van der Waals surface area contributed by atoms with Gasteiger partial charge in [-0.2, -0.15) is 0 Å². The maximum absolute atomic E-state index is 13.0. The largest absolute Gasteiger partial charge is 0.477 e. The van der Waals surface area contributed by atoms with Crippen molar-refractivity contribution in [1.82, 2.24) is 9.97 Å².